The van der Waals surface area contributed by atoms with Crippen LogP contribution in [0.5, 0.6) is 17.4 Å². The Hall–Kier alpha value is -3.39. The van der Waals surface area contributed by atoms with Crippen LogP contribution in [0.2, 0.25) is 0 Å². The topological polar surface area (TPSA) is 99.8 Å². The number of hydrogen-bond donors (Lipinski definition) is 3. The summed E-state index contributed by atoms with van der Waals surface area (Å²) in [5.74, 6) is 0.286. The minimum absolute atomic E-state index is 0.0380. The summed E-state index contributed by atoms with van der Waals surface area (Å²) in [5.41, 5.74) is 0.153. The summed E-state index contributed by atoms with van der Waals surface area (Å²) in [6.45, 7) is 2.42. The van der Waals surface area contributed by atoms with Gasteiger partial charge in [0.1, 0.15) is 22.7 Å². The zero-order valence-corrected chi connectivity index (χ0v) is 15.2. The van der Waals surface area contributed by atoms with Crippen molar-refractivity contribution < 1.29 is 14.9 Å². The Morgan fingerprint density at radius 1 is 1.19 bits per heavy atom. The van der Waals surface area contributed by atoms with E-state index in [9.17, 15) is 15.0 Å². The zero-order chi connectivity index (χ0) is 19.4. The molecule has 0 radical (unpaired) electrons. The van der Waals surface area contributed by atoms with Crippen LogP contribution in [0.25, 0.3) is 5.69 Å². The average molecular weight is 383 g/mol. The molecule has 2 aromatic carbocycles. The maximum absolute atomic E-state index is 12.2. The minimum atomic E-state index is -0.584. The molecule has 8 heteroatoms. The fourth-order valence-electron chi connectivity index (χ4n) is 2.46. The molecule has 0 saturated heterocycles. The van der Waals surface area contributed by atoms with Crippen molar-refractivity contribution in [2.75, 3.05) is 6.61 Å². The lowest BCUT2D eigenvalue weighted by Gasteiger charge is -2.12. The van der Waals surface area contributed by atoms with Gasteiger partial charge in [0.15, 0.2) is 4.77 Å². The maximum Gasteiger partial charge on any atom is 0.264 e. The van der Waals surface area contributed by atoms with Crippen molar-refractivity contribution in [1.82, 2.24) is 9.55 Å². The van der Waals surface area contributed by atoms with E-state index in [-0.39, 0.29) is 27.7 Å². The Labute approximate surface area is 159 Å². The van der Waals surface area contributed by atoms with Crippen LogP contribution in [-0.4, -0.2) is 32.6 Å². The van der Waals surface area contributed by atoms with Gasteiger partial charge in [-0.3, -0.25) is 19.3 Å². The van der Waals surface area contributed by atoms with Gasteiger partial charge in [0.2, 0.25) is 5.88 Å². The fourth-order valence-corrected chi connectivity index (χ4v) is 2.74. The van der Waals surface area contributed by atoms with Gasteiger partial charge >= 0.3 is 0 Å². The minimum Gasteiger partial charge on any atom is -0.506 e. The van der Waals surface area contributed by atoms with Crippen LogP contribution in [0, 0.1) is 4.77 Å². The molecule has 1 heterocycles. The van der Waals surface area contributed by atoms with Gasteiger partial charge in [-0.25, -0.2) is 0 Å². The van der Waals surface area contributed by atoms with E-state index >= 15 is 0 Å². The normalized spacial score (nSPS) is 11.0. The molecule has 0 aliphatic carbocycles. The molecule has 27 heavy (non-hydrogen) atoms. The first kappa shape index (κ1) is 18.4. The van der Waals surface area contributed by atoms with Crippen molar-refractivity contribution >= 4 is 24.1 Å². The number of nitrogens with one attached hydrogen (secondary N) is 1. The molecule has 7 nitrogen and oxygen atoms in total. The lowest BCUT2D eigenvalue weighted by atomic mass is 10.2. The molecule has 3 rings (SSSR count). The van der Waals surface area contributed by atoms with Crippen LogP contribution in [0.4, 0.5) is 5.69 Å². The molecule has 0 amide bonds. The maximum atomic E-state index is 12.2. The number of benzene rings is 2. The predicted molar refractivity (Wildman–Crippen MR) is 105 cm³/mol. The van der Waals surface area contributed by atoms with Crippen LogP contribution in [0.15, 0.2) is 58.3 Å². The number of rotatable bonds is 5. The molecule has 0 spiro atoms. The molecule has 0 bridgehead atoms. The highest BCUT2D eigenvalue weighted by Gasteiger charge is 2.13. The number of nitrogens with zero attached hydrogens (tertiary/aromatic N) is 2. The van der Waals surface area contributed by atoms with Crippen LogP contribution in [0.1, 0.15) is 12.5 Å². The Balaban J connectivity index is 2.07. The van der Waals surface area contributed by atoms with Crippen LogP contribution in [0.3, 0.4) is 0 Å². The third-order valence-corrected chi connectivity index (χ3v) is 4.03. The third-order valence-electron chi connectivity index (χ3n) is 3.74. The summed E-state index contributed by atoms with van der Waals surface area (Å²) in [7, 11) is 0. The second kappa shape index (κ2) is 7.88. The zero-order valence-electron chi connectivity index (χ0n) is 14.4. The summed E-state index contributed by atoms with van der Waals surface area (Å²) >= 11 is 5.18. The van der Waals surface area contributed by atoms with E-state index < -0.39 is 5.56 Å². The Bertz CT molecular complexity index is 1100. The van der Waals surface area contributed by atoms with Crippen LogP contribution >= 0.6 is 12.2 Å². The third kappa shape index (κ3) is 3.90. The second-order valence-electron chi connectivity index (χ2n) is 5.51. The Morgan fingerprint density at radius 3 is 2.56 bits per heavy atom. The highest BCUT2D eigenvalue weighted by atomic mass is 32.1. The highest BCUT2D eigenvalue weighted by molar-refractivity contribution is 7.71. The number of hydrogen-bond acceptors (Lipinski definition) is 6. The first-order valence-corrected chi connectivity index (χ1v) is 8.55. The van der Waals surface area contributed by atoms with E-state index in [1.54, 1.807) is 42.5 Å². The summed E-state index contributed by atoms with van der Waals surface area (Å²) in [6.07, 6.45) is 1.18. The van der Waals surface area contributed by atoms with Crippen molar-refractivity contribution in [3.05, 3.63) is 69.2 Å². The molecule has 0 aliphatic rings. The molecule has 0 unspecified atom stereocenters. The molecule has 3 aromatic rings. The van der Waals surface area contributed by atoms with Crippen molar-refractivity contribution in [2.24, 2.45) is 4.99 Å². The van der Waals surface area contributed by atoms with Crippen molar-refractivity contribution in [2.45, 2.75) is 6.92 Å². The van der Waals surface area contributed by atoms with Crippen molar-refractivity contribution in [3.63, 3.8) is 0 Å². The quantitative estimate of drug-likeness (QED) is 0.463. The Morgan fingerprint density at radius 2 is 1.89 bits per heavy atom. The van der Waals surface area contributed by atoms with E-state index in [4.69, 9.17) is 17.0 Å². The molecular formula is C19H17N3O4S. The van der Waals surface area contributed by atoms with Gasteiger partial charge in [0.05, 0.1) is 12.3 Å². The van der Waals surface area contributed by atoms with Gasteiger partial charge in [-0.1, -0.05) is 12.1 Å². The number of phenolic OH excluding ortho intramolecular Hbond substituents is 1. The molecule has 138 valence electrons. The van der Waals surface area contributed by atoms with Crippen LogP contribution in [-0.2, 0) is 0 Å². The monoisotopic (exact) mass is 383 g/mol. The first-order valence-electron chi connectivity index (χ1n) is 8.15. The van der Waals surface area contributed by atoms with Crippen molar-refractivity contribution in [1.29, 1.82) is 0 Å². The van der Waals surface area contributed by atoms with Gasteiger partial charge in [0, 0.05) is 6.21 Å². The van der Waals surface area contributed by atoms with Gasteiger partial charge in [-0.2, -0.15) is 0 Å². The Kier molecular flexibility index (Phi) is 5.37. The van der Waals surface area contributed by atoms with Gasteiger partial charge in [-0.15, -0.1) is 0 Å². The van der Waals surface area contributed by atoms with Gasteiger partial charge < -0.3 is 14.9 Å². The number of aromatic hydroxyl groups is 2. The molecule has 1 aromatic heterocycles. The van der Waals surface area contributed by atoms with E-state index in [1.165, 1.54) is 16.8 Å². The largest absolute Gasteiger partial charge is 0.506 e. The number of aliphatic imine (C=N–C) groups is 1. The summed E-state index contributed by atoms with van der Waals surface area (Å²) < 4.78 is 6.76. The summed E-state index contributed by atoms with van der Waals surface area (Å²) in [5, 5.41) is 20.4. The highest BCUT2D eigenvalue weighted by Crippen LogP contribution is 2.26. The van der Waals surface area contributed by atoms with E-state index in [1.807, 2.05) is 6.92 Å². The fraction of sp³-hybridized carbons (Fsp3) is 0.105. The lowest BCUT2D eigenvalue weighted by Crippen LogP contribution is -2.18. The number of aromatic nitrogens is 2. The molecule has 0 aliphatic heterocycles. The van der Waals surface area contributed by atoms with Gasteiger partial charge in [-0.05, 0) is 55.5 Å². The lowest BCUT2D eigenvalue weighted by molar-refractivity contribution is 0.340. The number of H-pyrrole nitrogens is 1. The molecule has 0 saturated carbocycles. The molecule has 0 fully saturated rings. The van der Waals surface area contributed by atoms with Crippen molar-refractivity contribution in [3.8, 4) is 23.1 Å². The van der Waals surface area contributed by atoms with E-state index in [2.05, 4.69) is 9.98 Å². The average Bonchev–Trinajstić information content (AvgIpc) is 2.64. The number of aromatic amines is 1. The SMILES string of the molecule is CCOc1ccc(-n2c(O)c(C=Nc3ccccc3O)c(=O)[nH]c2=S)cc1. The number of para-hydroxylation sites is 2. The first-order chi connectivity index (χ1) is 13.0. The smallest absolute Gasteiger partial charge is 0.264 e. The van der Waals surface area contributed by atoms with Gasteiger partial charge in [0.25, 0.3) is 5.56 Å². The number of ether oxygens (including phenoxy) is 1. The molecule has 3 N–H and O–H groups in total. The summed E-state index contributed by atoms with van der Waals surface area (Å²) in [6, 6.07) is 13.3. The van der Waals surface area contributed by atoms with Crippen LogP contribution < -0.4 is 10.3 Å². The number of phenols is 1. The summed E-state index contributed by atoms with van der Waals surface area (Å²) in [4.78, 5) is 18.8. The predicted octanol–water partition coefficient (Wildman–Crippen LogP) is 3.46. The van der Waals surface area contributed by atoms with E-state index in [0.717, 1.165) is 0 Å². The second-order valence-corrected chi connectivity index (χ2v) is 5.89. The standard InChI is InChI=1S/C19H17N3O4S/c1-2-26-13-9-7-12(8-10-13)22-18(25)14(17(24)21-19(22)27)11-20-15-5-3-4-6-16(15)23/h3-11,23,25H,2H2,1H3,(H,21,24,27). The molecular weight excluding hydrogens is 366 g/mol. The molecule has 0 atom stereocenters. The van der Waals surface area contributed by atoms with E-state index in [0.29, 0.717) is 18.0 Å².